The summed E-state index contributed by atoms with van der Waals surface area (Å²) in [5.74, 6) is 1.49. The molecule has 1 aromatic rings. The van der Waals surface area contributed by atoms with Gasteiger partial charge in [-0.2, -0.15) is 0 Å². The minimum Gasteiger partial charge on any atom is -0.322 e. The molecule has 0 radical (unpaired) electrons. The van der Waals surface area contributed by atoms with E-state index in [-0.39, 0.29) is 6.04 Å². The van der Waals surface area contributed by atoms with E-state index in [1.54, 1.807) is 0 Å². The van der Waals surface area contributed by atoms with Gasteiger partial charge in [0.05, 0.1) is 5.69 Å². The quantitative estimate of drug-likeness (QED) is 0.899. The van der Waals surface area contributed by atoms with Gasteiger partial charge in [0.15, 0.2) is 0 Å². The van der Waals surface area contributed by atoms with Gasteiger partial charge in [-0.3, -0.25) is 4.98 Å². The standard InChI is InChI=1S/C13H19BrN2/c1-9-2-4-10(5-3-9)13(15)12-7-6-11(14)8-16-12/h6-10,13H,2-5,15H2,1H3. The van der Waals surface area contributed by atoms with Gasteiger partial charge in [0.2, 0.25) is 0 Å². The number of nitrogens with two attached hydrogens (primary N) is 1. The lowest BCUT2D eigenvalue weighted by molar-refractivity contribution is 0.254. The van der Waals surface area contributed by atoms with Crippen LogP contribution < -0.4 is 5.73 Å². The molecule has 0 spiro atoms. The molecule has 2 nitrogen and oxygen atoms in total. The molecule has 1 fully saturated rings. The number of aromatic nitrogens is 1. The van der Waals surface area contributed by atoms with Crippen LogP contribution in [0.4, 0.5) is 0 Å². The Morgan fingerprint density at radius 1 is 1.31 bits per heavy atom. The maximum absolute atomic E-state index is 6.29. The molecule has 0 saturated heterocycles. The van der Waals surface area contributed by atoms with Gasteiger partial charge in [-0.15, -0.1) is 0 Å². The van der Waals surface area contributed by atoms with Crippen molar-refractivity contribution in [1.82, 2.24) is 4.98 Å². The predicted octanol–water partition coefficient (Wildman–Crippen LogP) is 3.67. The van der Waals surface area contributed by atoms with Gasteiger partial charge < -0.3 is 5.73 Å². The van der Waals surface area contributed by atoms with Crippen molar-refractivity contribution in [2.24, 2.45) is 17.6 Å². The number of rotatable bonds is 2. The van der Waals surface area contributed by atoms with Crippen LogP contribution in [0.25, 0.3) is 0 Å². The van der Waals surface area contributed by atoms with Crippen molar-refractivity contribution >= 4 is 15.9 Å². The molecule has 0 aromatic carbocycles. The Morgan fingerprint density at radius 3 is 2.56 bits per heavy atom. The fourth-order valence-corrected chi connectivity index (χ4v) is 2.71. The first-order valence-electron chi connectivity index (χ1n) is 6.04. The molecule has 0 bridgehead atoms. The van der Waals surface area contributed by atoms with Crippen LogP contribution in [0.3, 0.4) is 0 Å². The van der Waals surface area contributed by atoms with Gasteiger partial charge >= 0.3 is 0 Å². The second kappa shape index (κ2) is 5.28. The van der Waals surface area contributed by atoms with Crippen LogP contribution >= 0.6 is 15.9 Å². The third-order valence-corrected chi connectivity index (χ3v) is 4.13. The molecule has 1 aliphatic rings. The largest absolute Gasteiger partial charge is 0.322 e. The Hall–Kier alpha value is -0.410. The highest BCUT2D eigenvalue weighted by molar-refractivity contribution is 9.10. The van der Waals surface area contributed by atoms with Crippen LogP contribution in [0.1, 0.15) is 44.3 Å². The Morgan fingerprint density at radius 2 is 2.00 bits per heavy atom. The summed E-state index contributed by atoms with van der Waals surface area (Å²) in [5, 5.41) is 0. The van der Waals surface area contributed by atoms with Crippen molar-refractivity contribution in [1.29, 1.82) is 0 Å². The molecule has 1 heterocycles. The third kappa shape index (κ3) is 2.83. The van der Waals surface area contributed by atoms with Crippen molar-refractivity contribution in [3.8, 4) is 0 Å². The van der Waals surface area contributed by atoms with Crippen LogP contribution in [0, 0.1) is 11.8 Å². The van der Waals surface area contributed by atoms with E-state index in [0.717, 1.165) is 16.1 Å². The summed E-state index contributed by atoms with van der Waals surface area (Å²) in [6.45, 7) is 2.33. The van der Waals surface area contributed by atoms with Crippen molar-refractivity contribution in [2.75, 3.05) is 0 Å². The SMILES string of the molecule is CC1CCC(C(N)c2ccc(Br)cn2)CC1. The summed E-state index contributed by atoms with van der Waals surface area (Å²) >= 11 is 3.40. The van der Waals surface area contributed by atoms with E-state index in [1.165, 1.54) is 25.7 Å². The van der Waals surface area contributed by atoms with Crippen molar-refractivity contribution < 1.29 is 0 Å². The molecule has 1 unspecified atom stereocenters. The minimum absolute atomic E-state index is 0.112. The maximum atomic E-state index is 6.29. The van der Waals surface area contributed by atoms with Crippen LogP contribution in [-0.4, -0.2) is 4.98 Å². The second-order valence-electron chi connectivity index (χ2n) is 4.95. The molecular weight excluding hydrogens is 264 g/mol. The maximum Gasteiger partial charge on any atom is 0.0574 e. The van der Waals surface area contributed by atoms with E-state index >= 15 is 0 Å². The van der Waals surface area contributed by atoms with E-state index in [2.05, 4.69) is 27.8 Å². The van der Waals surface area contributed by atoms with Gasteiger partial charge in [0, 0.05) is 16.7 Å². The first kappa shape index (κ1) is 12.1. The topological polar surface area (TPSA) is 38.9 Å². The van der Waals surface area contributed by atoms with E-state index < -0.39 is 0 Å². The lowest BCUT2D eigenvalue weighted by Crippen LogP contribution is -2.26. The number of hydrogen-bond acceptors (Lipinski definition) is 2. The first-order valence-corrected chi connectivity index (χ1v) is 6.83. The number of nitrogens with zero attached hydrogens (tertiary/aromatic N) is 1. The smallest absolute Gasteiger partial charge is 0.0574 e. The summed E-state index contributed by atoms with van der Waals surface area (Å²) in [6, 6.07) is 4.17. The molecule has 0 aliphatic heterocycles. The monoisotopic (exact) mass is 282 g/mol. The molecule has 0 amide bonds. The van der Waals surface area contributed by atoms with Crippen molar-refractivity contribution in [3.63, 3.8) is 0 Å². The van der Waals surface area contributed by atoms with Crippen LogP contribution in [0.2, 0.25) is 0 Å². The third-order valence-electron chi connectivity index (χ3n) is 3.66. The first-order chi connectivity index (χ1) is 7.66. The molecule has 1 aliphatic carbocycles. The summed E-state index contributed by atoms with van der Waals surface area (Å²) in [6.07, 6.45) is 6.96. The molecule has 16 heavy (non-hydrogen) atoms. The van der Waals surface area contributed by atoms with Gasteiger partial charge in [-0.05, 0) is 52.7 Å². The summed E-state index contributed by atoms with van der Waals surface area (Å²) < 4.78 is 1.01. The van der Waals surface area contributed by atoms with Crippen molar-refractivity contribution in [3.05, 3.63) is 28.5 Å². The Kier molecular flexibility index (Phi) is 3.98. The zero-order valence-corrected chi connectivity index (χ0v) is 11.3. The lowest BCUT2D eigenvalue weighted by atomic mass is 9.78. The van der Waals surface area contributed by atoms with E-state index in [9.17, 15) is 0 Å². The molecule has 2 rings (SSSR count). The summed E-state index contributed by atoms with van der Waals surface area (Å²) in [5.41, 5.74) is 7.32. The highest BCUT2D eigenvalue weighted by Gasteiger charge is 2.25. The van der Waals surface area contributed by atoms with Crippen LogP contribution in [0.5, 0.6) is 0 Å². The Balaban J connectivity index is 2.01. The zero-order chi connectivity index (χ0) is 11.5. The highest BCUT2D eigenvalue weighted by Crippen LogP contribution is 2.34. The molecule has 1 aromatic heterocycles. The van der Waals surface area contributed by atoms with Gasteiger partial charge in [-0.1, -0.05) is 19.8 Å². The highest BCUT2D eigenvalue weighted by atomic mass is 79.9. The molecule has 1 atom stereocenters. The molecule has 3 heteroatoms. The normalized spacial score (nSPS) is 27.7. The minimum atomic E-state index is 0.112. The van der Waals surface area contributed by atoms with E-state index in [4.69, 9.17) is 5.73 Å². The molecule has 1 saturated carbocycles. The molecule has 2 N–H and O–H groups in total. The molecular formula is C13H19BrN2. The second-order valence-corrected chi connectivity index (χ2v) is 5.86. The number of hydrogen-bond donors (Lipinski definition) is 1. The predicted molar refractivity (Wildman–Crippen MR) is 70.0 cm³/mol. The average molecular weight is 283 g/mol. The summed E-state index contributed by atoms with van der Waals surface area (Å²) in [4.78, 5) is 4.40. The molecule has 88 valence electrons. The number of halogens is 1. The Bertz CT molecular complexity index is 328. The fraction of sp³-hybridized carbons (Fsp3) is 0.615. The van der Waals surface area contributed by atoms with Crippen molar-refractivity contribution in [2.45, 2.75) is 38.6 Å². The Labute approximate surface area is 106 Å². The lowest BCUT2D eigenvalue weighted by Gasteiger charge is -2.30. The van der Waals surface area contributed by atoms with Gasteiger partial charge in [0.25, 0.3) is 0 Å². The van der Waals surface area contributed by atoms with Crippen LogP contribution in [-0.2, 0) is 0 Å². The van der Waals surface area contributed by atoms with E-state index in [0.29, 0.717) is 5.92 Å². The zero-order valence-electron chi connectivity index (χ0n) is 9.70. The summed E-state index contributed by atoms with van der Waals surface area (Å²) in [7, 11) is 0. The van der Waals surface area contributed by atoms with Gasteiger partial charge in [0.1, 0.15) is 0 Å². The van der Waals surface area contributed by atoms with Crippen LogP contribution in [0.15, 0.2) is 22.8 Å². The van der Waals surface area contributed by atoms with E-state index in [1.807, 2.05) is 18.3 Å². The number of pyridine rings is 1. The van der Waals surface area contributed by atoms with Gasteiger partial charge in [-0.25, -0.2) is 0 Å². The fourth-order valence-electron chi connectivity index (χ4n) is 2.47. The average Bonchev–Trinajstić information content (AvgIpc) is 2.30.